The number of fused-ring (bicyclic) bond motifs is 1. The van der Waals surface area contributed by atoms with E-state index in [0.717, 1.165) is 21.4 Å². The molecule has 3 rings (SSSR count). The number of hydrogen-bond donors (Lipinski definition) is 1. The molecule has 0 saturated carbocycles. The van der Waals surface area contributed by atoms with Crippen molar-refractivity contribution < 1.29 is 0 Å². The summed E-state index contributed by atoms with van der Waals surface area (Å²) < 4.78 is 2.52. The Morgan fingerprint density at radius 2 is 1.94 bits per heavy atom. The van der Waals surface area contributed by atoms with Crippen LogP contribution in [0.3, 0.4) is 0 Å². The molecule has 0 aliphatic carbocycles. The van der Waals surface area contributed by atoms with Crippen molar-refractivity contribution in [2.24, 2.45) is 0 Å². The van der Waals surface area contributed by atoms with Crippen LogP contribution in [-0.2, 0) is 0 Å². The molecule has 84 valence electrons. The number of aromatic amines is 1. The third kappa shape index (κ3) is 1.78. The van der Waals surface area contributed by atoms with Crippen LogP contribution in [0.5, 0.6) is 0 Å². The number of rotatable bonds is 1. The predicted octanol–water partition coefficient (Wildman–Crippen LogP) is 2.45. The fourth-order valence-electron chi connectivity index (χ4n) is 1.72. The van der Waals surface area contributed by atoms with Gasteiger partial charge in [-0.1, -0.05) is 28.1 Å². The third-order valence-electron chi connectivity index (χ3n) is 2.56. The fourth-order valence-corrected chi connectivity index (χ4v) is 1.98. The number of benzene rings is 1. The van der Waals surface area contributed by atoms with Crippen molar-refractivity contribution in [3.05, 3.63) is 57.7 Å². The minimum atomic E-state index is -0.276. The first-order chi connectivity index (χ1) is 8.24. The van der Waals surface area contributed by atoms with Gasteiger partial charge in [0.25, 0.3) is 0 Å². The highest BCUT2D eigenvalue weighted by Gasteiger charge is 2.04. The van der Waals surface area contributed by atoms with Gasteiger partial charge in [-0.3, -0.25) is 4.40 Å². The van der Waals surface area contributed by atoms with Crippen molar-refractivity contribution in [3.8, 4) is 11.3 Å². The lowest BCUT2D eigenvalue weighted by Crippen LogP contribution is -2.13. The third-order valence-corrected chi connectivity index (χ3v) is 3.09. The minimum absolute atomic E-state index is 0.276. The standard InChI is InChI=1S/C12H8BrN3O/c13-9-3-1-8(2-4-9)10-7-16-11(15-10)5-6-14-12(16)17/h1-7,15H. The highest BCUT2D eigenvalue weighted by Crippen LogP contribution is 2.20. The highest BCUT2D eigenvalue weighted by molar-refractivity contribution is 9.10. The second kappa shape index (κ2) is 3.85. The molecule has 17 heavy (non-hydrogen) atoms. The van der Waals surface area contributed by atoms with Crippen LogP contribution >= 0.6 is 15.9 Å². The van der Waals surface area contributed by atoms with Crippen LogP contribution in [-0.4, -0.2) is 14.4 Å². The normalized spacial score (nSPS) is 10.9. The average Bonchev–Trinajstić information content (AvgIpc) is 2.75. The zero-order valence-corrected chi connectivity index (χ0v) is 10.3. The van der Waals surface area contributed by atoms with Gasteiger partial charge in [-0.2, -0.15) is 0 Å². The van der Waals surface area contributed by atoms with Gasteiger partial charge in [-0.25, -0.2) is 9.78 Å². The van der Waals surface area contributed by atoms with Crippen LogP contribution < -0.4 is 5.69 Å². The topological polar surface area (TPSA) is 50.2 Å². The van der Waals surface area contributed by atoms with E-state index in [1.54, 1.807) is 12.3 Å². The lowest BCUT2D eigenvalue weighted by atomic mass is 10.2. The molecule has 0 amide bonds. The first-order valence-electron chi connectivity index (χ1n) is 5.06. The van der Waals surface area contributed by atoms with E-state index in [-0.39, 0.29) is 5.69 Å². The van der Waals surface area contributed by atoms with Crippen LogP contribution in [0.2, 0.25) is 0 Å². The Labute approximate surface area is 105 Å². The van der Waals surface area contributed by atoms with E-state index in [0.29, 0.717) is 0 Å². The van der Waals surface area contributed by atoms with Gasteiger partial charge in [-0.05, 0) is 23.8 Å². The van der Waals surface area contributed by atoms with Gasteiger partial charge in [0.1, 0.15) is 5.65 Å². The Balaban J connectivity index is 2.21. The molecule has 3 aromatic rings. The zero-order chi connectivity index (χ0) is 11.8. The molecule has 0 spiro atoms. The van der Waals surface area contributed by atoms with Crippen molar-refractivity contribution >= 4 is 21.6 Å². The molecule has 0 radical (unpaired) electrons. The first kappa shape index (κ1) is 10.3. The van der Waals surface area contributed by atoms with E-state index in [1.165, 1.54) is 10.6 Å². The van der Waals surface area contributed by atoms with E-state index in [2.05, 4.69) is 25.9 Å². The van der Waals surface area contributed by atoms with Gasteiger partial charge >= 0.3 is 5.69 Å². The number of imidazole rings is 1. The Kier molecular flexibility index (Phi) is 2.33. The van der Waals surface area contributed by atoms with E-state index >= 15 is 0 Å². The van der Waals surface area contributed by atoms with E-state index in [1.807, 2.05) is 24.3 Å². The number of H-pyrrole nitrogens is 1. The first-order valence-corrected chi connectivity index (χ1v) is 5.86. The molecular weight excluding hydrogens is 282 g/mol. The van der Waals surface area contributed by atoms with E-state index < -0.39 is 0 Å². The fraction of sp³-hybridized carbons (Fsp3) is 0. The largest absolute Gasteiger partial charge is 0.353 e. The summed E-state index contributed by atoms with van der Waals surface area (Å²) in [5.41, 5.74) is 2.38. The SMILES string of the molecule is O=c1nccc2[nH]c(-c3ccc(Br)cc3)cn12. The quantitative estimate of drug-likeness (QED) is 0.748. The average molecular weight is 290 g/mol. The molecule has 2 aromatic heterocycles. The maximum Gasteiger partial charge on any atom is 0.353 e. The van der Waals surface area contributed by atoms with Crippen LogP contribution in [0.1, 0.15) is 0 Å². The van der Waals surface area contributed by atoms with Gasteiger partial charge < -0.3 is 4.98 Å². The van der Waals surface area contributed by atoms with Crippen molar-refractivity contribution in [3.63, 3.8) is 0 Å². The highest BCUT2D eigenvalue weighted by atomic mass is 79.9. The summed E-state index contributed by atoms with van der Waals surface area (Å²) in [4.78, 5) is 18.4. The van der Waals surface area contributed by atoms with Gasteiger partial charge in [0.05, 0.1) is 5.69 Å². The Hall–Kier alpha value is -1.88. The Bertz CT molecular complexity index is 727. The molecule has 0 bridgehead atoms. The summed E-state index contributed by atoms with van der Waals surface area (Å²) in [6.07, 6.45) is 3.26. The van der Waals surface area contributed by atoms with E-state index in [9.17, 15) is 4.79 Å². The molecule has 0 saturated heterocycles. The number of hydrogen-bond acceptors (Lipinski definition) is 2. The number of halogens is 1. The van der Waals surface area contributed by atoms with E-state index in [4.69, 9.17) is 0 Å². The molecule has 0 unspecified atom stereocenters. The van der Waals surface area contributed by atoms with Crippen molar-refractivity contribution in [1.29, 1.82) is 0 Å². The van der Waals surface area contributed by atoms with Crippen molar-refractivity contribution in [2.75, 3.05) is 0 Å². The van der Waals surface area contributed by atoms with Crippen molar-refractivity contribution in [2.45, 2.75) is 0 Å². The number of nitrogens with zero attached hydrogens (tertiary/aromatic N) is 2. The summed E-state index contributed by atoms with van der Waals surface area (Å²) in [6.45, 7) is 0. The Morgan fingerprint density at radius 3 is 2.65 bits per heavy atom. The van der Waals surface area contributed by atoms with Gasteiger partial charge in [-0.15, -0.1) is 0 Å². The number of nitrogens with one attached hydrogen (secondary N) is 1. The summed E-state index contributed by atoms with van der Waals surface area (Å²) in [6, 6.07) is 9.65. The molecule has 1 aromatic carbocycles. The summed E-state index contributed by atoms with van der Waals surface area (Å²) in [5, 5.41) is 0. The molecule has 4 nitrogen and oxygen atoms in total. The monoisotopic (exact) mass is 289 g/mol. The lowest BCUT2D eigenvalue weighted by molar-refractivity contribution is 1.00. The van der Waals surface area contributed by atoms with Gasteiger partial charge in [0, 0.05) is 16.9 Å². The molecule has 0 atom stereocenters. The van der Waals surface area contributed by atoms with Crippen LogP contribution in [0.25, 0.3) is 16.9 Å². The van der Waals surface area contributed by atoms with Gasteiger partial charge in [0.15, 0.2) is 0 Å². The molecule has 2 heterocycles. The minimum Gasteiger partial charge on any atom is -0.339 e. The molecule has 5 heteroatoms. The van der Waals surface area contributed by atoms with Crippen LogP contribution in [0.4, 0.5) is 0 Å². The number of aromatic nitrogens is 3. The van der Waals surface area contributed by atoms with Gasteiger partial charge in [0.2, 0.25) is 0 Å². The molecule has 0 fully saturated rings. The Morgan fingerprint density at radius 1 is 1.18 bits per heavy atom. The molecule has 0 aliphatic rings. The summed E-state index contributed by atoms with van der Waals surface area (Å²) in [7, 11) is 0. The van der Waals surface area contributed by atoms with Crippen LogP contribution in [0.15, 0.2) is 52.0 Å². The summed E-state index contributed by atoms with van der Waals surface area (Å²) in [5.74, 6) is 0. The van der Waals surface area contributed by atoms with Crippen molar-refractivity contribution in [1.82, 2.24) is 14.4 Å². The lowest BCUT2D eigenvalue weighted by Gasteiger charge is -1.96. The maximum atomic E-state index is 11.5. The predicted molar refractivity (Wildman–Crippen MR) is 68.9 cm³/mol. The smallest absolute Gasteiger partial charge is 0.339 e. The molecule has 1 N–H and O–H groups in total. The maximum absolute atomic E-state index is 11.5. The second-order valence-corrected chi connectivity index (χ2v) is 4.57. The zero-order valence-electron chi connectivity index (χ0n) is 8.72. The molecular formula is C12H8BrN3O. The second-order valence-electron chi connectivity index (χ2n) is 3.66. The molecule has 0 aliphatic heterocycles. The van der Waals surface area contributed by atoms with Crippen LogP contribution in [0, 0.1) is 0 Å². The summed E-state index contributed by atoms with van der Waals surface area (Å²) >= 11 is 3.39.